The highest BCUT2D eigenvalue weighted by atomic mass is 19.1. The maximum Gasteiger partial charge on any atom is 0.271 e. The lowest BCUT2D eigenvalue weighted by Gasteiger charge is -2.45. The van der Waals surface area contributed by atoms with Crippen molar-refractivity contribution in [2.45, 2.75) is 25.8 Å². The molecule has 29 heavy (non-hydrogen) atoms. The number of rotatable bonds is 3. The topological polar surface area (TPSA) is 64.4 Å². The van der Waals surface area contributed by atoms with Crippen LogP contribution in [0.5, 0.6) is 0 Å². The van der Waals surface area contributed by atoms with Crippen molar-refractivity contribution in [2.24, 2.45) is 0 Å². The Morgan fingerprint density at radius 3 is 2.41 bits per heavy atom. The van der Waals surface area contributed by atoms with Gasteiger partial charge in [-0.15, -0.1) is 0 Å². The third kappa shape index (κ3) is 3.52. The quantitative estimate of drug-likeness (QED) is 0.755. The number of benzene rings is 2. The largest absolute Gasteiger partial charge is 0.326 e. The summed E-state index contributed by atoms with van der Waals surface area (Å²) in [6, 6.07) is 13.3. The maximum absolute atomic E-state index is 13.3. The number of carbonyl (C=O) groups excluding carboxylic acids is 2. The van der Waals surface area contributed by atoms with Crippen LogP contribution in [0, 0.1) is 24.1 Å². The predicted octanol–water partition coefficient (Wildman–Crippen LogP) is 3.28. The second-order valence-electron chi connectivity index (χ2n) is 7.48. The van der Waals surface area contributed by atoms with Crippen molar-refractivity contribution in [2.75, 3.05) is 14.1 Å². The van der Waals surface area contributed by atoms with Gasteiger partial charge < -0.3 is 9.80 Å². The summed E-state index contributed by atoms with van der Waals surface area (Å²) >= 11 is 0. The molecule has 1 aliphatic rings. The molecule has 0 radical (unpaired) electrons. The van der Waals surface area contributed by atoms with E-state index >= 15 is 0 Å². The number of piperazine rings is 1. The molecule has 2 aromatic rings. The minimum Gasteiger partial charge on any atom is -0.326 e. The van der Waals surface area contributed by atoms with E-state index in [0.29, 0.717) is 11.1 Å². The number of hydrogen-bond donors (Lipinski definition) is 0. The van der Waals surface area contributed by atoms with Crippen molar-refractivity contribution < 1.29 is 14.0 Å². The van der Waals surface area contributed by atoms with Crippen LogP contribution < -0.4 is 0 Å². The van der Waals surface area contributed by atoms with Crippen LogP contribution in [0.25, 0.3) is 6.08 Å². The van der Waals surface area contributed by atoms with Crippen molar-refractivity contribution >= 4 is 17.9 Å². The fraction of sp³-hybridized carbons (Fsp3) is 0.261. The molecule has 1 heterocycles. The number of carbonyl (C=O) groups is 2. The fourth-order valence-corrected chi connectivity index (χ4v) is 3.61. The number of nitrogens with zero attached hydrogens (tertiary/aromatic N) is 3. The Morgan fingerprint density at radius 1 is 1.14 bits per heavy atom. The van der Waals surface area contributed by atoms with Crippen LogP contribution in [0.1, 0.15) is 29.2 Å². The molecule has 1 saturated heterocycles. The van der Waals surface area contributed by atoms with Crippen molar-refractivity contribution in [3.8, 4) is 6.07 Å². The average Bonchev–Trinajstić information content (AvgIpc) is 2.71. The number of nitriles is 1. The molecule has 0 aliphatic carbocycles. The molecule has 3 rings (SSSR count). The van der Waals surface area contributed by atoms with Crippen LogP contribution in [-0.2, 0) is 16.0 Å². The van der Waals surface area contributed by atoms with Gasteiger partial charge in [-0.2, -0.15) is 5.26 Å². The molecule has 0 N–H and O–H groups in total. The smallest absolute Gasteiger partial charge is 0.271 e. The van der Waals surface area contributed by atoms with Gasteiger partial charge in [0.15, 0.2) is 0 Å². The van der Waals surface area contributed by atoms with E-state index in [4.69, 9.17) is 0 Å². The lowest BCUT2D eigenvalue weighted by Crippen LogP contribution is -2.64. The van der Waals surface area contributed by atoms with Crippen molar-refractivity contribution in [1.29, 1.82) is 5.26 Å². The van der Waals surface area contributed by atoms with E-state index in [2.05, 4.69) is 6.07 Å². The van der Waals surface area contributed by atoms with Gasteiger partial charge >= 0.3 is 0 Å². The molecular formula is C23H22FN3O2. The Kier molecular flexibility index (Phi) is 5.25. The Hall–Kier alpha value is -3.46. The number of aryl methyl sites for hydroxylation is 1. The van der Waals surface area contributed by atoms with Gasteiger partial charge in [0.2, 0.25) is 0 Å². The fourth-order valence-electron chi connectivity index (χ4n) is 3.61. The van der Waals surface area contributed by atoms with Crippen LogP contribution in [0.3, 0.4) is 0 Å². The second kappa shape index (κ2) is 7.51. The van der Waals surface area contributed by atoms with Crippen LogP contribution >= 0.6 is 0 Å². The highest BCUT2D eigenvalue weighted by Gasteiger charge is 2.48. The van der Waals surface area contributed by atoms with E-state index in [9.17, 15) is 19.2 Å². The van der Waals surface area contributed by atoms with Crippen LogP contribution in [0.2, 0.25) is 0 Å². The Balaban J connectivity index is 2.01. The molecular weight excluding hydrogens is 369 g/mol. The minimum absolute atomic E-state index is 0.208. The van der Waals surface area contributed by atoms with E-state index in [-0.39, 0.29) is 29.7 Å². The van der Waals surface area contributed by atoms with Crippen molar-refractivity contribution in [3.63, 3.8) is 0 Å². The van der Waals surface area contributed by atoms with Gasteiger partial charge in [0.25, 0.3) is 11.8 Å². The van der Waals surface area contributed by atoms with Crippen molar-refractivity contribution in [1.82, 2.24) is 9.80 Å². The first-order chi connectivity index (χ1) is 13.7. The molecule has 2 amide bonds. The number of hydrogen-bond acceptors (Lipinski definition) is 3. The van der Waals surface area contributed by atoms with Gasteiger partial charge in [0, 0.05) is 20.5 Å². The second-order valence-corrected chi connectivity index (χ2v) is 7.48. The molecule has 1 aliphatic heterocycles. The maximum atomic E-state index is 13.3. The molecule has 5 nitrogen and oxygen atoms in total. The summed E-state index contributed by atoms with van der Waals surface area (Å²) in [5.74, 6) is -0.918. The van der Waals surface area contributed by atoms with Gasteiger partial charge in [-0.05, 0) is 54.8 Å². The summed E-state index contributed by atoms with van der Waals surface area (Å²) in [7, 11) is 3.15. The summed E-state index contributed by atoms with van der Waals surface area (Å²) in [6.07, 6.45) is 1.86. The van der Waals surface area contributed by atoms with Gasteiger partial charge in [-0.25, -0.2) is 4.39 Å². The Bertz CT molecular complexity index is 1050. The number of halogens is 1. The number of amides is 2. The molecule has 1 atom stereocenters. The van der Waals surface area contributed by atoms with Crippen LogP contribution in [0.15, 0.2) is 48.2 Å². The zero-order chi connectivity index (χ0) is 21.3. The minimum atomic E-state index is -1.11. The van der Waals surface area contributed by atoms with E-state index in [1.54, 1.807) is 51.4 Å². The standard InChI is InChI=1S/C23H22FN3O2/c1-15-6-5-7-17(14-25)19(15)12-20-21(28)27(4)23(2,22(29)26(20)3)13-16-8-10-18(24)11-9-16/h5-12H,13H2,1-4H3/b20-12+. The lowest BCUT2D eigenvalue weighted by atomic mass is 9.86. The highest BCUT2D eigenvalue weighted by Crippen LogP contribution is 2.32. The third-order valence-electron chi connectivity index (χ3n) is 5.58. The monoisotopic (exact) mass is 391 g/mol. The summed E-state index contributed by atoms with van der Waals surface area (Å²) in [4.78, 5) is 29.2. The molecule has 6 heteroatoms. The molecule has 1 fully saturated rings. The molecule has 0 spiro atoms. The van der Waals surface area contributed by atoms with E-state index in [0.717, 1.165) is 11.1 Å². The highest BCUT2D eigenvalue weighted by molar-refractivity contribution is 6.09. The van der Waals surface area contributed by atoms with Gasteiger partial charge in [0.1, 0.15) is 17.1 Å². The lowest BCUT2D eigenvalue weighted by molar-refractivity contribution is -0.155. The number of likely N-dealkylation sites (N-methyl/N-ethyl adjacent to an activating group) is 2. The Labute approximate surface area is 169 Å². The van der Waals surface area contributed by atoms with Crippen molar-refractivity contribution in [3.05, 3.63) is 76.2 Å². The van der Waals surface area contributed by atoms with Crippen LogP contribution in [0.4, 0.5) is 4.39 Å². The van der Waals surface area contributed by atoms with Crippen LogP contribution in [-0.4, -0.2) is 41.2 Å². The first kappa shape index (κ1) is 20.3. The summed E-state index contributed by atoms with van der Waals surface area (Å²) in [6.45, 7) is 3.56. The van der Waals surface area contributed by atoms with Gasteiger partial charge in [-0.1, -0.05) is 24.3 Å². The SMILES string of the molecule is Cc1cccc(C#N)c1/C=C1\C(=O)N(C)C(C)(Cc2ccc(F)cc2)C(=O)N1C. The first-order valence-electron chi connectivity index (χ1n) is 9.21. The molecule has 2 aromatic carbocycles. The van der Waals surface area contributed by atoms with E-state index in [1.807, 2.05) is 13.0 Å². The Morgan fingerprint density at radius 2 is 1.79 bits per heavy atom. The molecule has 0 saturated carbocycles. The first-order valence-corrected chi connectivity index (χ1v) is 9.21. The summed E-state index contributed by atoms with van der Waals surface area (Å²) in [5.41, 5.74) is 1.76. The molecule has 0 aromatic heterocycles. The zero-order valence-electron chi connectivity index (χ0n) is 16.9. The third-order valence-corrected chi connectivity index (χ3v) is 5.58. The van der Waals surface area contributed by atoms with Gasteiger partial charge in [-0.3, -0.25) is 9.59 Å². The summed E-state index contributed by atoms with van der Waals surface area (Å²) in [5, 5.41) is 9.39. The van der Waals surface area contributed by atoms with Gasteiger partial charge in [0.05, 0.1) is 11.6 Å². The van der Waals surface area contributed by atoms with E-state index in [1.165, 1.54) is 21.9 Å². The summed E-state index contributed by atoms with van der Waals surface area (Å²) < 4.78 is 13.2. The predicted molar refractivity (Wildman–Crippen MR) is 108 cm³/mol. The normalized spacial score (nSPS) is 20.9. The molecule has 1 unspecified atom stereocenters. The molecule has 148 valence electrons. The molecule has 0 bridgehead atoms. The zero-order valence-corrected chi connectivity index (χ0v) is 16.9. The average molecular weight is 391 g/mol. The van der Waals surface area contributed by atoms with E-state index < -0.39 is 5.54 Å².